The van der Waals surface area contributed by atoms with E-state index in [0.717, 1.165) is 12.8 Å². The van der Waals surface area contributed by atoms with Crippen LogP contribution in [0, 0.1) is 0 Å². The third kappa shape index (κ3) is 3.30. The van der Waals surface area contributed by atoms with Crippen LogP contribution in [0.15, 0.2) is 0 Å². The van der Waals surface area contributed by atoms with E-state index in [1.807, 2.05) is 0 Å². The Labute approximate surface area is 95.7 Å². The maximum Gasteiger partial charge on any atom is 0.192 e. The lowest BCUT2D eigenvalue weighted by Crippen LogP contribution is -2.50. The summed E-state index contributed by atoms with van der Waals surface area (Å²) in [4.78, 5) is 0. The van der Waals surface area contributed by atoms with Crippen molar-refractivity contribution in [2.45, 2.75) is 76.7 Å². The summed E-state index contributed by atoms with van der Waals surface area (Å²) >= 11 is 0. The topological polar surface area (TPSA) is 35.2 Å². The molecule has 0 aliphatic heterocycles. The largest absolute Gasteiger partial charge is 0.412 e. The van der Waals surface area contributed by atoms with Crippen molar-refractivity contribution in [2.75, 3.05) is 0 Å². The number of rotatable bonds is 2. The van der Waals surface area contributed by atoms with Crippen LogP contribution in [-0.4, -0.2) is 20.5 Å². The van der Waals surface area contributed by atoms with E-state index in [-0.39, 0.29) is 6.04 Å². The minimum atomic E-state index is -1.61. The van der Waals surface area contributed by atoms with Crippen LogP contribution in [0.2, 0.25) is 18.1 Å². The first-order chi connectivity index (χ1) is 6.74. The number of hydrogen-bond donors (Lipinski definition) is 1. The molecule has 0 aromatic rings. The highest BCUT2D eigenvalue weighted by Gasteiger charge is 2.40. The summed E-state index contributed by atoms with van der Waals surface area (Å²) in [5, 5.41) is 0.296. The third-order valence-electron chi connectivity index (χ3n) is 4.01. The lowest BCUT2D eigenvalue weighted by molar-refractivity contribution is 0.117. The molecule has 0 amide bonds. The minimum absolute atomic E-state index is 0.271. The molecule has 1 aliphatic rings. The van der Waals surface area contributed by atoms with Crippen LogP contribution in [0.4, 0.5) is 0 Å². The average Bonchev–Trinajstić information content (AvgIpc) is 2.06. The summed E-state index contributed by atoms with van der Waals surface area (Å²) in [5.74, 6) is 0. The van der Waals surface area contributed by atoms with Gasteiger partial charge in [0.05, 0.1) is 6.10 Å². The molecule has 2 nitrogen and oxygen atoms in total. The molecule has 0 spiro atoms. The van der Waals surface area contributed by atoms with Crippen molar-refractivity contribution in [1.82, 2.24) is 0 Å². The van der Waals surface area contributed by atoms with E-state index in [4.69, 9.17) is 10.2 Å². The first kappa shape index (κ1) is 13.2. The molecule has 1 fully saturated rings. The second-order valence-electron chi connectivity index (χ2n) is 6.36. The summed E-state index contributed by atoms with van der Waals surface area (Å²) in [6, 6.07) is 0.271. The van der Waals surface area contributed by atoms with Crippen molar-refractivity contribution in [3.8, 4) is 0 Å². The smallest absolute Gasteiger partial charge is 0.192 e. The lowest BCUT2D eigenvalue weighted by Gasteiger charge is -2.42. The van der Waals surface area contributed by atoms with Crippen LogP contribution in [0.3, 0.4) is 0 Å². The zero-order valence-electron chi connectivity index (χ0n) is 11.0. The molecule has 2 atom stereocenters. The first-order valence-corrected chi connectivity index (χ1v) is 9.08. The van der Waals surface area contributed by atoms with Gasteiger partial charge in [0.2, 0.25) is 0 Å². The fraction of sp³-hybridized carbons (Fsp3) is 1.00. The molecule has 0 aromatic heterocycles. The molecule has 1 saturated carbocycles. The molecular formula is C12H27NOSi. The Morgan fingerprint density at radius 1 is 1.13 bits per heavy atom. The molecular weight excluding hydrogens is 202 g/mol. The maximum absolute atomic E-state index is 6.37. The van der Waals surface area contributed by atoms with Crippen LogP contribution < -0.4 is 5.73 Å². The molecule has 2 N–H and O–H groups in total. The zero-order chi connectivity index (χ0) is 11.7. The summed E-state index contributed by atoms with van der Waals surface area (Å²) in [6.07, 6.45) is 5.18. The first-order valence-electron chi connectivity index (χ1n) is 6.17. The van der Waals surface area contributed by atoms with Gasteiger partial charge in [0.25, 0.3) is 0 Å². The van der Waals surface area contributed by atoms with E-state index in [2.05, 4.69) is 33.9 Å². The van der Waals surface area contributed by atoms with Crippen molar-refractivity contribution in [1.29, 1.82) is 0 Å². The highest BCUT2D eigenvalue weighted by Crippen LogP contribution is 2.38. The van der Waals surface area contributed by atoms with Gasteiger partial charge in [-0.25, -0.2) is 0 Å². The summed E-state index contributed by atoms with van der Waals surface area (Å²) < 4.78 is 6.37. The van der Waals surface area contributed by atoms with E-state index < -0.39 is 8.32 Å². The predicted molar refractivity (Wildman–Crippen MR) is 68.5 cm³/mol. The SMILES string of the molecule is CC(C)(C)[Si](C)(C)O[C@@H]1CCCC[C@H]1N. The van der Waals surface area contributed by atoms with E-state index in [9.17, 15) is 0 Å². The normalized spacial score (nSPS) is 29.2. The fourth-order valence-electron chi connectivity index (χ4n) is 1.83. The summed E-state index contributed by atoms with van der Waals surface area (Å²) in [6.45, 7) is 11.5. The molecule has 0 saturated heterocycles. The molecule has 15 heavy (non-hydrogen) atoms. The van der Waals surface area contributed by atoms with Crippen molar-refractivity contribution >= 4 is 8.32 Å². The average molecular weight is 229 g/mol. The Balaban J connectivity index is 2.59. The Morgan fingerprint density at radius 2 is 1.67 bits per heavy atom. The predicted octanol–water partition coefficient (Wildman–Crippen LogP) is 3.28. The van der Waals surface area contributed by atoms with Crippen LogP contribution in [0.1, 0.15) is 46.5 Å². The molecule has 1 aliphatic carbocycles. The molecule has 0 unspecified atom stereocenters. The maximum atomic E-state index is 6.37. The van der Waals surface area contributed by atoms with Gasteiger partial charge in [0.15, 0.2) is 8.32 Å². The minimum Gasteiger partial charge on any atom is -0.412 e. The molecule has 0 aromatic carbocycles. The highest BCUT2D eigenvalue weighted by molar-refractivity contribution is 6.74. The van der Waals surface area contributed by atoms with Crippen molar-refractivity contribution in [3.05, 3.63) is 0 Å². The van der Waals surface area contributed by atoms with Crippen molar-refractivity contribution in [2.24, 2.45) is 5.73 Å². The highest BCUT2D eigenvalue weighted by atomic mass is 28.4. The Hall–Kier alpha value is 0.137. The Morgan fingerprint density at radius 3 is 2.13 bits per heavy atom. The Bertz CT molecular complexity index is 210. The van der Waals surface area contributed by atoms with Gasteiger partial charge in [0, 0.05) is 6.04 Å². The van der Waals surface area contributed by atoms with Gasteiger partial charge in [-0.15, -0.1) is 0 Å². The van der Waals surface area contributed by atoms with Crippen LogP contribution in [-0.2, 0) is 4.43 Å². The third-order valence-corrected chi connectivity index (χ3v) is 8.51. The Kier molecular flexibility index (Phi) is 4.01. The molecule has 1 rings (SSSR count). The molecule has 0 radical (unpaired) electrons. The zero-order valence-corrected chi connectivity index (χ0v) is 12.0. The standard InChI is InChI=1S/C12H27NOSi/c1-12(2,3)15(4,5)14-11-9-7-6-8-10(11)13/h10-11H,6-9,13H2,1-5H3/t10-,11-/m1/s1. The molecule has 90 valence electrons. The van der Waals surface area contributed by atoms with Gasteiger partial charge in [-0.1, -0.05) is 33.6 Å². The van der Waals surface area contributed by atoms with Crippen molar-refractivity contribution < 1.29 is 4.43 Å². The van der Waals surface area contributed by atoms with Gasteiger partial charge in [-0.05, 0) is 31.0 Å². The van der Waals surface area contributed by atoms with E-state index in [0.29, 0.717) is 11.1 Å². The quantitative estimate of drug-likeness (QED) is 0.738. The van der Waals surface area contributed by atoms with Gasteiger partial charge in [-0.2, -0.15) is 0 Å². The second-order valence-corrected chi connectivity index (χ2v) is 11.1. The summed E-state index contributed by atoms with van der Waals surface area (Å²) in [5.41, 5.74) is 6.13. The monoisotopic (exact) mass is 229 g/mol. The van der Waals surface area contributed by atoms with E-state index >= 15 is 0 Å². The van der Waals surface area contributed by atoms with Gasteiger partial charge in [0.1, 0.15) is 0 Å². The van der Waals surface area contributed by atoms with Gasteiger partial charge in [-0.3, -0.25) is 0 Å². The number of nitrogens with two attached hydrogens (primary N) is 1. The van der Waals surface area contributed by atoms with Crippen molar-refractivity contribution in [3.63, 3.8) is 0 Å². The van der Waals surface area contributed by atoms with E-state index in [1.165, 1.54) is 12.8 Å². The van der Waals surface area contributed by atoms with Crippen LogP contribution in [0.25, 0.3) is 0 Å². The molecule has 3 heteroatoms. The molecule has 0 heterocycles. The molecule has 0 bridgehead atoms. The fourth-order valence-corrected chi connectivity index (χ4v) is 3.23. The van der Waals surface area contributed by atoms with Gasteiger partial charge >= 0.3 is 0 Å². The second kappa shape index (κ2) is 4.56. The van der Waals surface area contributed by atoms with E-state index in [1.54, 1.807) is 0 Å². The summed E-state index contributed by atoms with van der Waals surface area (Å²) in [7, 11) is -1.61. The van der Waals surface area contributed by atoms with Crippen LogP contribution in [0.5, 0.6) is 0 Å². The van der Waals surface area contributed by atoms with Crippen LogP contribution >= 0.6 is 0 Å². The lowest BCUT2D eigenvalue weighted by atomic mass is 9.93. The number of hydrogen-bond acceptors (Lipinski definition) is 2. The van der Waals surface area contributed by atoms with Gasteiger partial charge < -0.3 is 10.2 Å².